The van der Waals surface area contributed by atoms with Crippen LogP contribution in [0.3, 0.4) is 0 Å². The van der Waals surface area contributed by atoms with Gasteiger partial charge in [-0.25, -0.2) is 0 Å². The molecule has 11 heavy (non-hydrogen) atoms. The van der Waals surface area contributed by atoms with Gasteiger partial charge in [0.2, 0.25) is 0 Å². The molecule has 1 rings (SSSR count). The maximum Gasteiger partial charge on any atom is 0.323 e. The van der Waals surface area contributed by atoms with E-state index in [-0.39, 0.29) is 5.97 Å². The van der Waals surface area contributed by atoms with Crippen molar-refractivity contribution in [3.63, 3.8) is 0 Å². The van der Waals surface area contributed by atoms with Gasteiger partial charge >= 0.3 is 5.97 Å². The Morgan fingerprint density at radius 3 is 3.00 bits per heavy atom. The maximum atomic E-state index is 10.9. The summed E-state index contributed by atoms with van der Waals surface area (Å²) in [5.41, 5.74) is 0. The van der Waals surface area contributed by atoms with Gasteiger partial charge in [-0.15, -0.1) is 11.3 Å². The molecule has 0 saturated carbocycles. The molecule has 1 unspecified atom stereocenters. The fraction of sp³-hybridized carbons (Fsp3) is 0.286. The highest BCUT2D eigenvalue weighted by molar-refractivity contribution is 7.81. The van der Waals surface area contributed by atoms with Crippen LogP contribution < -0.4 is 0 Å². The second-order valence-electron chi connectivity index (χ2n) is 1.94. The van der Waals surface area contributed by atoms with E-state index in [0.717, 1.165) is 4.88 Å². The van der Waals surface area contributed by atoms with E-state index in [2.05, 4.69) is 17.4 Å². The van der Waals surface area contributed by atoms with Crippen molar-refractivity contribution in [1.82, 2.24) is 0 Å². The molecule has 0 aromatic carbocycles. The second kappa shape index (κ2) is 3.78. The molecule has 1 aromatic rings. The standard InChI is InChI=1S/C7H8O2S2/c1-9-7(8)6(10)5-3-2-4-11-5/h2-4,6,10H,1H3. The molecule has 0 radical (unpaired) electrons. The van der Waals surface area contributed by atoms with Gasteiger partial charge in [-0.1, -0.05) is 6.07 Å². The summed E-state index contributed by atoms with van der Waals surface area (Å²) in [7, 11) is 1.36. The lowest BCUT2D eigenvalue weighted by Crippen LogP contribution is -2.06. The van der Waals surface area contributed by atoms with Crippen molar-refractivity contribution in [2.75, 3.05) is 7.11 Å². The van der Waals surface area contributed by atoms with E-state index < -0.39 is 5.25 Å². The fourth-order valence-electron chi connectivity index (χ4n) is 0.675. The summed E-state index contributed by atoms with van der Waals surface area (Å²) in [6.07, 6.45) is 0. The van der Waals surface area contributed by atoms with E-state index in [1.54, 1.807) is 0 Å². The number of esters is 1. The summed E-state index contributed by atoms with van der Waals surface area (Å²) in [4.78, 5) is 11.8. The number of carbonyl (C=O) groups is 1. The average Bonchev–Trinajstić information content (AvgIpc) is 2.53. The van der Waals surface area contributed by atoms with Crippen molar-refractivity contribution < 1.29 is 9.53 Å². The molecule has 0 saturated heterocycles. The van der Waals surface area contributed by atoms with Crippen LogP contribution in [0.5, 0.6) is 0 Å². The van der Waals surface area contributed by atoms with E-state index in [0.29, 0.717) is 0 Å². The minimum absolute atomic E-state index is 0.309. The molecule has 1 heterocycles. The van der Waals surface area contributed by atoms with Gasteiger partial charge in [-0.05, 0) is 11.4 Å². The first-order valence-electron chi connectivity index (χ1n) is 3.05. The van der Waals surface area contributed by atoms with Crippen LogP contribution in [-0.2, 0) is 9.53 Å². The van der Waals surface area contributed by atoms with Crippen molar-refractivity contribution >= 4 is 29.9 Å². The van der Waals surface area contributed by atoms with Crippen LogP contribution in [0.2, 0.25) is 0 Å². The van der Waals surface area contributed by atoms with Gasteiger partial charge in [-0.3, -0.25) is 4.79 Å². The first-order chi connectivity index (χ1) is 5.25. The predicted molar refractivity (Wildman–Crippen MR) is 48.1 cm³/mol. The topological polar surface area (TPSA) is 26.3 Å². The number of hydrogen-bond acceptors (Lipinski definition) is 4. The smallest absolute Gasteiger partial charge is 0.323 e. The number of rotatable bonds is 2. The monoisotopic (exact) mass is 188 g/mol. The number of hydrogen-bond donors (Lipinski definition) is 1. The lowest BCUT2D eigenvalue weighted by atomic mass is 10.3. The Morgan fingerprint density at radius 1 is 1.82 bits per heavy atom. The maximum absolute atomic E-state index is 10.9. The fourth-order valence-corrected chi connectivity index (χ4v) is 1.75. The lowest BCUT2D eigenvalue weighted by molar-refractivity contribution is -0.139. The van der Waals surface area contributed by atoms with Gasteiger partial charge in [0.1, 0.15) is 5.25 Å². The van der Waals surface area contributed by atoms with Gasteiger partial charge in [0, 0.05) is 4.88 Å². The minimum Gasteiger partial charge on any atom is -0.468 e. The number of methoxy groups -OCH3 is 1. The zero-order valence-electron chi connectivity index (χ0n) is 5.98. The molecule has 0 spiro atoms. The first kappa shape index (κ1) is 8.62. The molecule has 4 heteroatoms. The third kappa shape index (κ3) is 1.97. The molecule has 1 aromatic heterocycles. The molecule has 0 aliphatic carbocycles. The van der Waals surface area contributed by atoms with Crippen LogP contribution in [-0.4, -0.2) is 13.1 Å². The summed E-state index contributed by atoms with van der Waals surface area (Å²) in [6.45, 7) is 0. The van der Waals surface area contributed by atoms with Crippen LogP contribution in [0.15, 0.2) is 17.5 Å². The first-order valence-corrected chi connectivity index (χ1v) is 4.44. The van der Waals surface area contributed by atoms with E-state index in [1.807, 2.05) is 17.5 Å². The normalized spacial score (nSPS) is 12.5. The summed E-state index contributed by atoms with van der Waals surface area (Å²) >= 11 is 5.59. The zero-order chi connectivity index (χ0) is 8.27. The molecule has 0 aliphatic rings. The SMILES string of the molecule is COC(=O)C(S)c1cccs1. The third-order valence-electron chi connectivity index (χ3n) is 1.24. The third-order valence-corrected chi connectivity index (χ3v) is 2.84. The Labute approximate surface area is 74.6 Å². The molecule has 2 nitrogen and oxygen atoms in total. The number of thiophene rings is 1. The Balaban J connectivity index is 2.70. The molecule has 1 atom stereocenters. The highest BCUT2D eigenvalue weighted by Gasteiger charge is 2.16. The molecular weight excluding hydrogens is 180 g/mol. The van der Waals surface area contributed by atoms with Crippen molar-refractivity contribution in [1.29, 1.82) is 0 Å². The van der Waals surface area contributed by atoms with Crippen molar-refractivity contribution in [3.05, 3.63) is 22.4 Å². The summed E-state index contributed by atoms with van der Waals surface area (Å²) in [6, 6.07) is 3.74. The lowest BCUT2D eigenvalue weighted by Gasteiger charge is -2.04. The van der Waals surface area contributed by atoms with Crippen LogP contribution in [0.25, 0.3) is 0 Å². The average molecular weight is 188 g/mol. The summed E-state index contributed by atoms with van der Waals surface area (Å²) < 4.78 is 4.53. The van der Waals surface area contributed by atoms with Crippen molar-refractivity contribution in [2.45, 2.75) is 5.25 Å². The van der Waals surface area contributed by atoms with Crippen molar-refractivity contribution in [3.8, 4) is 0 Å². The van der Waals surface area contributed by atoms with Gasteiger partial charge < -0.3 is 4.74 Å². The highest BCUT2D eigenvalue weighted by Crippen LogP contribution is 2.25. The van der Waals surface area contributed by atoms with Gasteiger partial charge in [0.25, 0.3) is 0 Å². The zero-order valence-corrected chi connectivity index (χ0v) is 7.69. The molecular formula is C7H8O2S2. The summed E-state index contributed by atoms with van der Waals surface area (Å²) in [5, 5.41) is 1.47. The number of thiol groups is 1. The number of ether oxygens (including phenoxy) is 1. The van der Waals surface area contributed by atoms with Gasteiger partial charge in [-0.2, -0.15) is 12.6 Å². The van der Waals surface area contributed by atoms with E-state index in [4.69, 9.17) is 0 Å². The quantitative estimate of drug-likeness (QED) is 0.566. The Kier molecular flexibility index (Phi) is 2.96. The highest BCUT2D eigenvalue weighted by atomic mass is 32.1. The van der Waals surface area contributed by atoms with Gasteiger partial charge in [0.05, 0.1) is 7.11 Å². The minimum atomic E-state index is -0.431. The molecule has 0 N–H and O–H groups in total. The van der Waals surface area contributed by atoms with Crippen LogP contribution in [0.4, 0.5) is 0 Å². The van der Waals surface area contributed by atoms with Crippen LogP contribution in [0, 0.1) is 0 Å². The van der Waals surface area contributed by atoms with Gasteiger partial charge in [0.15, 0.2) is 0 Å². The molecule has 0 amide bonds. The van der Waals surface area contributed by atoms with Crippen LogP contribution in [0.1, 0.15) is 10.1 Å². The van der Waals surface area contributed by atoms with E-state index in [9.17, 15) is 4.79 Å². The molecule has 0 aliphatic heterocycles. The van der Waals surface area contributed by atoms with E-state index >= 15 is 0 Å². The molecule has 60 valence electrons. The molecule has 0 fully saturated rings. The number of carbonyl (C=O) groups excluding carboxylic acids is 1. The Bertz CT molecular complexity index is 231. The second-order valence-corrected chi connectivity index (χ2v) is 3.44. The van der Waals surface area contributed by atoms with Crippen LogP contribution >= 0.6 is 24.0 Å². The largest absolute Gasteiger partial charge is 0.468 e. The summed E-state index contributed by atoms with van der Waals surface area (Å²) in [5.74, 6) is -0.309. The van der Waals surface area contributed by atoms with E-state index in [1.165, 1.54) is 18.4 Å². The Hall–Kier alpha value is -0.480. The predicted octanol–water partition coefficient (Wildman–Crippen LogP) is 1.89. The van der Waals surface area contributed by atoms with Crippen molar-refractivity contribution in [2.24, 2.45) is 0 Å². The molecule has 0 bridgehead atoms. The Morgan fingerprint density at radius 2 is 2.55 bits per heavy atom.